The summed E-state index contributed by atoms with van der Waals surface area (Å²) in [4.78, 5) is 21.4. The molecule has 0 unspecified atom stereocenters. The van der Waals surface area contributed by atoms with Gasteiger partial charge >= 0.3 is 5.97 Å². The van der Waals surface area contributed by atoms with Gasteiger partial charge in [0.05, 0.1) is 6.61 Å². The molecule has 0 aromatic carbocycles. The molecule has 1 saturated carbocycles. The van der Waals surface area contributed by atoms with Crippen LogP contribution in [0.1, 0.15) is 26.2 Å². The van der Waals surface area contributed by atoms with Crippen molar-refractivity contribution in [3.63, 3.8) is 0 Å². The van der Waals surface area contributed by atoms with E-state index in [4.69, 9.17) is 9.84 Å². The zero-order valence-corrected chi connectivity index (χ0v) is 8.86. The molecule has 5 nitrogen and oxygen atoms in total. The molecule has 1 atom stereocenters. The van der Waals surface area contributed by atoms with E-state index < -0.39 is 12.0 Å². The number of carbonyl (C=O) groups excluding carboxylic acids is 1. The Labute approximate surface area is 88.8 Å². The van der Waals surface area contributed by atoms with Gasteiger partial charge < -0.3 is 15.2 Å². The lowest BCUT2D eigenvalue weighted by Gasteiger charge is -2.13. The van der Waals surface area contributed by atoms with Crippen molar-refractivity contribution < 1.29 is 19.4 Å². The maximum Gasteiger partial charge on any atom is 0.328 e. The number of rotatable bonds is 7. The number of carboxylic acids is 1. The molecule has 1 amide bonds. The van der Waals surface area contributed by atoms with Crippen LogP contribution in [-0.4, -0.2) is 36.2 Å². The van der Waals surface area contributed by atoms with Crippen molar-refractivity contribution in [2.24, 2.45) is 5.92 Å². The first kappa shape index (κ1) is 12.0. The molecule has 0 saturated heterocycles. The number of hydrogen-bond donors (Lipinski definition) is 2. The Hall–Kier alpha value is -1.10. The summed E-state index contributed by atoms with van der Waals surface area (Å²) in [6.45, 7) is 1.91. The summed E-state index contributed by atoms with van der Waals surface area (Å²) in [6, 6.07) is -0.929. The van der Waals surface area contributed by atoms with Gasteiger partial charge in [0.15, 0.2) is 6.04 Å². The van der Waals surface area contributed by atoms with E-state index in [1.807, 2.05) is 0 Å². The number of aliphatic carboxylic acids is 1. The van der Waals surface area contributed by atoms with E-state index in [1.165, 1.54) is 19.8 Å². The van der Waals surface area contributed by atoms with Gasteiger partial charge in [0.1, 0.15) is 0 Å². The second-order valence-electron chi connectivity index (χ2n) is 3.90. The molecule has 0 spiro atoms. The van der Waals surface area contributed by atoms with Gasteiger partial charge in [-0.3, -0.25) is 4.79 Å². The van der Waals surface area contributed by atoms with E-state index in [-0.39, 0.29) is 12.5 Å². The van der Waals surface area contributed by atoms with Crippen molar-refractivity contribution in [2.45, 2.75) is 32.2 Å². The minimum Gasteiger partial charge on any atom is -0.480 e. The average molecular weight is 215 g/mol. The Morgan fingerprint density at radius 3 is 2.67 bits per heavy atom. The summed E-state index contributed by atoms with van der Waals surface area (Å²) < 4.78 is 5.21. The molecule has 0 aromatic heterocycles. The number of amides is 1. The highest BCUT2D eigenvalue weighted by molar-refractivity contribution is 5.82. The van der Waals surface area contributed by atoms with E-state index in [0.717, 1.165) is 12.3 Å². The fourth-order valence-corrected chi connectivity index (χ4v) is 1.28. The first-order valence-corrected chi connectivity index (χ1v) is 5.17. The number of ether oxygens (including phenoxy) is 1. The molecule has 1 rings (SSSR count). The Kier molecular flexibility index (Phi) is 4.55. The van der Waals surface area contributed by atoms with Crippen LogP contribution >= 0.6 is 0 Å². The van der Waals surface area contributed by atoms with Crippen molar-refractivity contribution in [3.8, 4) is 0 Å². The maximum atomic E-state index is 10.7. The summed E-state index contributed by atoms with van der Waals surface area (Å²) in [5.41, 5.74) is 0. The van der Waals surface area contributed by atoms with E-state index >= 15 is 0 Å². The van der Waals surface area contributed by atoms with Crippen LogP contribution in [0.25, 0.3) is 0 Å². The lowest BCUT2D eigenvalue weighted by Crippen LogP contribution is -2.43. The standard InChI is InChI=1S/C10H17NO4/c1-7(12)11-9(10(13)14)6-15-5-4-8-2-3-8/h8-9H,2-6H2,1H3,(H,11,12)(H,13,14)/t9-/m1/s1. The van der Waals surface area contributed by atoms with Crippen LogP contribution in [-0.2, 0) is 14.3 Å². The fraction of sp³-hybridized carbons (Fsp3) is 0.800. The van der Waals surface area contributed by atoms with Gasteiger partial charge in [0.2, 0.25) is 5.91 Å². The zero-order chi connectivity index (χ0) is 11.3. The van der Waals surface area contributed by atoms with Crippen LogP contribution in [0.3, 0.4) is 0 Å². The van der Waals surface area contributed by atoms with Crippen molar-refractivity contribution in [1.82, 2.24) is 5.32 Å². The van der Waals surface area contributed by atoms with Crippen LogP contribution in [0.5, 0.6) is 0 Å². The SMILES string of the molecule is CC(=O)N[C@H](COCCC1CC1)C(=O)O. The molecule has 5 heteroatoms. The fourth-order valence-electron chi connectivity index (χ4n) is 1.28. The number of carboxylic acid groups (broad SMARTS) is 1. The Bertz CT molecular complexity index is 238. The zero-order valence-electron chi connectivity index (χ0n) is 8.86. The predicted molar refractivity (Wildman–Crippen MR) is 53.4 cm³/mol. The van der Waals surface area contributed by atoms with Gasteiger partial charge in [-0.05, 0) is 12.3 Å². The summed E-state index contributed by atoms with van der Waals surface area (Å²) >= 11 is 0. The van der Waals surface area contributed by atoms with Crippen molar-refractivity contribution in [2.75, 3.05) is 13.2 Å². The van der Waals surface area contributed by atoms with Gasteiger partial charge in [0, 0.05) is 13.5 Å². The predicted octanol–water partition coefficient (Wildman–Crippen LogP) is 0.392. The molecule has 1 aliphatic rings. The van der Waals surface area contributed by atoms with E-state index in [0.29, 0.717) is 6.61 Å². The summed E-state index contributed by atoms with van der Waals surface area (Å²) in [7, 11) is 0. The second kappa shape index (κ2) is 5.70. The molecule has 0 radical (unpaired) electrons. The van der Waals surface area contributed by atoms with Crippen LogP contribution in [0.4, 0.5) is 0 Å². The highest BCUT2D eigenvalue weighted by atomic mass is 16.5. The number of nitrogens with one attached hydrogen (secondary N) is 1. The minimum absolute atomic E-state index is 0.0433. The second-order valence-corrected chi connectivity index (χ2v) is 3.90. The van der Waals surface area contributed by atoms with Crippen molar-refractivity contribution in [1.29, 1.82) is 0 Å². The molecule has 1 aliphatic carbocycles. The van der Waals surface area contributed by atoms with Gasteiger partial charge in [-0.25, -0.2) is 4.79 Å². The van der Waals surface area contributed by atoms with E-state index in [2.05, 4.69) is 5.32 Å². The smallest absolute Gasteiger partial charge is 0.328 e. The topological polar surface area (TPSA) is 75.6 Å². The monoisotopic (exact) mass is 215 g/mol. The third kappa shape index (κ3) is 5.37. The summed E-state index contributed by atoms with van der Waals surface area (Å²) in [5.74, 6) is -0.640. The van der Waals surface area contributed by atoms with Crippen LogP contribution in [0.2, 0.25) is 0 Å². The summed E-state index contributed by atoms with van der Waals surface area (Å²) in [5, 5.41) is 11.1. The Morgan fingerprint density at radius 1 is 1.53 bits per heavy atom. The molecular formula is C10H17NO4. The summed E-state index contributed by atoms with van der Waals surface area (Å²) in [6.07, 6.45) is 3.52. The molecule has 0 bridgehead atoms. The third-order valence-corrected chi connectivity index (χ3v) is 2.33. The quantitative estimate of drug-likeness (QED) is 0.602. The van der Waals surface area contributed by atoms with Gasteiger partial charge in [-0.15, -0.1) is 0 Å². The largest absolute Gasteiger partial charge is 0.480 e. The van der Waals surface area contributed by atoms with Crippen molar-refractivity contribution >= 4 is 11.9 Å². The first-order chi connectivity index (χ1) is 7.09. The average Bonchev–Trinajstić information content (AvgIpc) is 2.93. The molecule has 0 aromatic rings. The van der Waals surface area contributed by atoms with Gasteiger partial charge in [-0.2, -0.15) is 0 Å². The minimum atomic E-state index is -1.06. The molecule has 2 N–H and O–H groups in total. The molecule has 15 heavy (non-hydrogen) atoms. The molecule has 86 valence electrons. The first-order valence-electron chi connectivity index (χ1n) is 5.17. The number of carbonyl (C=O) groups is 2. The number of hydrogen-bond acceptors (Lipinski definition) is 3. The highest BCUT2D eigenvalue weighted by Crippen LogP contribution is 2.32. The normalized spacial score (nSPS) is 17.1. The van der Waals surface area contributed by atoms with Crippen molar-refractivity contribution in [3.05, 3.63) is 0 Å². The lowest BCUT2D eigenvalue weighted by molar-refractivity contribution is -0.143. The maximum absolute atomic E-state index is 10.7. The van der Waals surface area contributed by atoms with E-state index in [9.17, 15) is 9.59 Å². The highest BCUT2D eigenvalue weighted by Gasteiger charge is 2.22. The molecular weight excluding hydrogens is 198 g/mol. The Morgan fingerprint density at radius 2 is 2.20 bits per heavy atom. The van der Waals surface area contributed by atoms with Crippen LogP contribution in [0, 0.1) is 5.92 Å². The third-order valence-electron chi connectivity index (χ3n) is 2.33. The molecule has 0 heterocycles. The van der Waals surface area contributed by atoms with Gasteiger partial charge in [-0.1, -0.05) is 12.8 Å². The molecule has 0 aliphatic heterocycles. The molecule has 1 fully saturated rings. The van der Waals surface area contributed by atoms with Crippen LogP contribution in [0.15, 0.2) is 0 Å². The lowest BCUT2D eigenvalue weighted by atomic mass is 10.3. The van der Waals surface area contributed by atoms with Crippen LogP contribution < -0.4 is 5.32 Å². The van der Waals surface area contributed by atoms with E-state index in [1.54, 1.807) is 0 Å². The van der Waals surface area contributed by atoms with Gasteiger partial charge in [0.25, 0.3) is 0 Å². The Balaban J connectivity index is 2.12.